The van der Waals surface area contributed by atoms with Crippen LogP contribution in [-0.4, -0.2) is 45.2 Å². The molecule has 1 aliphatic heterocycles. The summed E-state index contributed by atoms with van der Waals surface area (Å²) in [6, 6.07) is 16.2. The molecule has 0 spiro atoms. The van der Waals surface area contributed by atoms with Gasteiger partial charge >= 0.3 is 0 Å². The summed E-state index contributed by atoms with van der Waals surface area (Å²) < 4.78 is 35.9. The van der Waals surface area contributed by atoms with E-state index in [-0.39, 0.29) is 17.4 Å². The number of H-pyrrole nitrogens is 1. The molecule has 0 atom stereocenters. The van der Waals surface area contributed by atoms with Crippen LogP contribution in [0.25, 0.3) is 33.5 Å². The first-order chi connectivity index (χ1) is 21.1. The van der Waals surface area contributed by atoms with E-state index in [9.17, 15) is 18.7 Å². The van der Waals surface area contributed by atoms with E-state index >= 15 is 0 Å². The number of halogens is 2. The minimum atomic E-state index is -1.27. The Morgan fingerprint density at radius 1 is 1.02 bits per heavy atom. The fraction of sp³-hybridized carbons (Fsp3) is 0.265. The molecule has 8 nitrogen and oxygen atoms in total. The number of hydrogen-bond acceptors (Lipinski definition) is 6. The number of nitrogens with one attached hydrogen (secondary N) is 3. The van der Waals surface area contributed by atoms with Crippen molar-refractivity contribution in [2.75, 3.05) is 18.4 Å². The van der Waals surface area contributed by atoms with Gasteiger partial charge in [-0.2, -0.15) is 0 Å². The van der Waals surface area contributed by atoms with E-state index in [1.165, 1.54) is 44.4 Å². The second-order valence-corrected chi connectivity index (χ2v) is 11.6. The fourth-order valence-electron chi connectivity index (χ4n) is 5.45. The molecule has 0 radical (unpaired) electrons. The molecule has 6 rings (SSSR count). The number of fused-ring (bicyclic) bond motifs is 1. The third kappa shape index (κ3) is 6.04. The number of benzene rings is 3. The van der Waals surface area contributed by atoms with Crippen molar-refractivity contribution in [3.63, 3.8) is 0 Å². The van der Waals surface area contributed by atoms with Gasteiger partial charge in [0.25, 0.3) is 5.91 Å². The molecule has 0 saturated carbocycles. The van der Waals surface area contributed by atoms with E-state index in [1.54, 1.807) is 6.92 Å². The second kappa shape index (κ2) is 11.8. The highest BCUT2D eigenvalue weighted by Gasteiger charge is 2.22. The van der Waals surface area contributed by atoms with Gasteiger partial charge < -0.3 is 25.5 Å². The predicted molar refractivity (Wildman–Crippen MR) is 166 cm³/mol. The van der Waals surface area contributed by atoms with Crippen LogP contribution in [0.15, 0.2) is 67.0 Å². The molecule has 3 heterocycles. The number of carbonyl (C=O) groups is 1. The van der Waals surface area contributed by atoms with Crippen molar-refractivity contribution in [1.29, 1.82) is 0 Å². The van der Waals surface area contributed by atoms with E-state index in [0.29, 0.717) is 33.4 Å². The minimum Gasteiger partial charge on any atom is -0.490 e. The first-order valence-corrected chi connectivity index (χ1v) is 14.5. The molecule has 1 amide bonds. The summed E-state index contributed by atoms with van der Waals surface area (Å²) in [6.07, 6.45) is 3.55. The van der Waals surface area contributed by atoms with Crippen LogP contribution in [-0.2, 0) is 5.60 Å². The zero-order valence-electron chi connectivity index (χ0n) is 24.7. The van der Waals surface area contributed by atoms with Crippen molar-refractivity contribution in [3.8, 4) is 28.3 Å². The van der Waals surface area contributed by atoms with Gasteiger partial charge in [-0.15, -0.1) is 0 Å². The molecule has 226 valence electrons. The normalized spacial score (nSPS) is 14.1. The van der Waals surface area contributed by atoms with Crippen molar-refractivity contribution in [1.82, 2.24) is 20.3 Å². The zero-order chi connectivity index (χ0) is 31.0. The Labute approximate surface area is 253 Å². The molecule has 1 saturated heterocycles. The number of anilines is 1. The Bertz CT molecular complexity index is 1840. The summed E-state index contributed by atoms with van der Waals surface area (Å²) in [5, 5.41) is 16.8. The standard InChI is InChI=1S/C34H33F2N5O3/c1-19-26(15-22(35)16-29(19)41-33(42)25-9-6-21(14-28(25)36)34(2,3)43)31-27-17-30(40-32(27)39-18-38-31)20-4-7-23(8-5-20)44-24-10-12-37-13-11-24/h4-9,14-18,24,37,43H,10-13H2,1-3H3,(H,41,42)(H,38,39,40). The largest absolute Gasteiger partial charge is 0.490 e. The number of aliphatic hydroxyl groups is 1. The highest BCUT2D eigenvalue weighted by molar-refractivity contribution is 6.06. The molecular weight excluding hydrogens is 564 g/mol. The molecule has 0 unspecified atom stereocenters. The summed E-state index contributed by atoms with van der Waals surface area (Å²) in [4.78, 5) is 25.2. The van der Waals surface area contributed by atoms with E-state index in [1.807, 2.05) is 30.3 Å². The van der Waals surface area contributed by atoms with Crippen LogP contribution in [0.1, 0.15) is 48.2 Å². The van der Waals surface area contributed by atoms with Crippen LogP contribution >= 0.6 is 0 Å². The number of carbonyl (C=O) groups excluding carboxylic acids is 1. The SMILES string of the molecule is Cc1c(NC(=O)c2ccc(C(C)(C)O)cc2F)cc(F)cc1-c1ncnc2[nH]c(-c3ccc(OC4CCNCC4)cc3)cc12. The Morgan fingerprint density at radius 2 is 1.77 bits per heavy atom. The molecule has 0 aliphatic carbocycles. The van der Waals surface area contributed by atoms with Crippen LogP contribution in [0.5, 0.6) is 5.75 Å². The van der Waals surface area contributed by atoms with Crippen LogP contribution in [0, 0.1) is 18.6 Å². The Balaban J connectivity index is 1.28. The van der Waals surface area contributed by atoms with Gasteiger partial charge in [-0.3, -0.25) is 4.79 Å². The van der Waals surface area contributed by atoms with E-state index in [0.717, 1.165) is 49.0 Å². The Hall–Kier alpha value is -4.67. The van der Waals surface area contributed by atoms with Gasteiger partial charge in [0, 0.05) is 22.3 Å². The minimum absolute atomic E-state index is 0.183. The number of ether oxygens (including phenoxy) is 1. The van der Waals surface area contributed by atoms with Gasteiger partial charge in [0.2, 0.25) is 0 Å². The summed E-state index contributed by atoms with van der Waals surface area (Å²) in [7, 11) is 0. The van der Waals surface area contributed by atoms with Crippen molar-refractivity contribution in [2.24, 2.45) is 0 Å². The fourth-order valence-corrected chi connectivity index (χ4v) is 5.45. The Kier molecular flexibility index (Phi) is 7.87. The van der Waals surface area contributed by atoms with Crippen molar-refractivity contribution >= 4 is 22.6 Å². The maximum Gasteiger partial charge on any atom is 0.258 e. The molecule has 10 heteroatoms. The lowest BCUT2D eigenvalue weighted by molar-refractivity contribution is 0.0780. The van der Waals surface area contributed by atoms with Crippen LogP contribution in [0.4, 0.5) is 14.5 Å². The van der Waals surface area contributed by atoms with Crippen LogP contribution in [0.3, 0.4) is 0 Å². The second-order valence-electron chi connectivity index (χ2n) is 11.6. The quantitative estimate of drug-likeness (QED) is 0.171. The molecule has 2 aromatic heterocycles. The molecule has 3 aromatic carbocycles. The van der Waals surface area contributed by atoms with Gasteiger partial charge in [0.15, 0.2) is 0 Å². The topological polar surface area (TPSA) is 112 Å². The number of piperidine rings is 1. The predicted octanol–water partition coefficient (Wildman–Crippen LogP) is 6.49. The highest BCUT2D eigenvalue weighted by Crippen LogP contribution is 2.35. The van der Waals surface area contributed by atoms with Gasteiger partial charge in [0.05, 0.1) is 16.9 Å². The van der Waals surface area contributed by atoms with Gasteiger partial charge in [0.1, 0.15) is 35.5 Å². The molecule has 1 fully saturated rings. The summed E-state index contributed by atoms with van der Waals surface area (Å²) in [5.74, 6) is -1.31. The van der Waals surface area contributed by atoms with E-state index in [4.69, 9.17) is 4.74 Å². The number of hydrogen-bond donors (Lipinski definition) is 4. The number of aromatic nitrogens is 3. The Morgan fingerprint density at radius 3 is 2.48 bits per heavy atom. The summed E-state index contributed by atoms with van der Waals surface area (Å²) in [6.45, 7) is 6.70. The lowest BCUT2D eigenvalue weighted by Crippen LogP contribution is -2.34. The van der Waals surface area contributed by atoms with Crippen molar-refractivity contribution in [3.05, 3.63) is 95.3 Å². The molecule has 1 aliphatic rings. The average Bonchev–Trinajstić information content (AvgIpc) is 3.44. The smallest absolute Gasteiger partial charge is 0.258 e. The summed E-state index contributed by atoms with van der Waals surface area (Å²) in [5.41, 5.74) is 2.82. The maximum absolute atomic E-state index is 15.0. The first kappa shape index (κ1) is 29.4. The number of aromatic amines is 1. The number of amides is 1. The zero-order valence-corrected chi connectivity index (χ0v) is 24.7. The van der Waals surface area contributed by atoms with Crippen LogP contribution in [0.2, 0.25) is 0 Å². The third-order valence-corrected chi connectivity index (χ3v) is 7.98. The van der Waals surface area contributed by atoms with Crippen molar-refractivity contribution in [2.45, 2.75) is 45.3 Å². The maximum atomic E-state index is 15.0. The molecule has 0 bridgehead atoms. The first-order valence-electron chi connectivity index (χ1n) is 14.5. The molecule has 5 aromatic rings. The molecule has 4 N–H and O–H groups in total. The van der Waals surface area contributed by atoms with Crippen LogP contribution < -0.4 is 15.4 Å². The lowest BCUT2D eigenvalue weighted by Gasteiger charge is -2.23. The van der Waals surface area contributed by atoms with E-state index < -0.39 is 23.1 Å². The van der Waals surface area contributed by atoms with Crippen molar-refractivity contribution < 1.29 is 23.4 Å². The third-order valence-electron chi connectivity index (χ3n) is 7.98. The summed E-state index contributed by atoms with van der Waals surface area (Å²) >= 11 is 0. The van der Waals surface area contributed by atoms with Gasteiger partial charge in [-0.25, -0.2) is 18.7 Å². The van der Waals surface area contributed by atoms with Gasteiger partial charge in [-0.05, 0) is 118 Å². The molecular formula is C34H33F2N5O3. The average molecular weight is 598 g/mol. The monoisotopic (exact) mass is 597 g/mol. The lowest BCUT2D eigenvalue weighted by atomic mass is 9.96. The highest BCUT2D eigenvalue weighted by atomic mass is 19.1. The number of nitrogens with zero attached hydrogens (tertiary/aromatic N) is 2. The van der Waals surface area contributed by atoms with E-state index in [2.05, 4.69) is 25.6 Å². The molecule has 44 heavy (non-hydrogen) atoms. The van der Waals surface area contributed by atoms with Gasteiger partial charge in [-0.1, -0.05) is 6.07 Å². The number of rotatable bonds is 7.